The zero-order valence-electron chi connectivity index (χ0n) is 13.9. The fourth-order valence-electron chi connectivity index (χ4n) is 3.24. The summed E-state index contributed by atoms with van der Waals surface area (Å²) in [5, 5.41) is 0. The van der Waals surface area contributed by atoms with Gasteiger partial charge in [-0.1, -0.05) is 0 Å². The van der Waals surface area contributed by atoms with Gasteiger partial charge in [0.15, 0.2) is 0 Å². The molecule has 1 N–H and O–H groups in total. The van der Waals surface area contributed by atoms with Crippen LogP contribution in [0, 0.1) is 5.82 Å². The number of benzene rings is 1. The van der Waals surface area contributed by atoms with E-state index in [-0.39, 0.29) is 13.2 Å². The van der Waals surface area contributed by atoms with Crippen molar-refractivity contribution in [2.24, 2.45) is 0 Å². The van der Waals surface area contributed by atoms with Crippen LogP contribution >= 0.6 is 11.8 Å². The fourth-order valence-corrected chi connectivity index (χ4v) is 5.98. The molecule has 1 saturated heterocycles. The number of halogens is 1. The highest BCUT2D eigenvalue weighted by Gasteiger charge is 2.41. The third kappa shape index (κ3) is 3.99. The summed E-state index contributed by atoms with van der Waals surface area (Å²) < 4.78 is 48.1. The lowest BCUT2D eigenvalue weighted by molar-refractivity contribution is -0.146. The highest BCUT2D eigenvalue weighted by Crippen LogP contribution is 2.37. The predicted molar refractivity (Wildman–Crippen MR) is 92.9 cm³/mol. The van der Waals surface area contributed by atoms with E-state index in [9.17, 15) is 17.6 Å². The second-order valence-electron chi connectivity index (χ2n) is 6.02. The van der Waals surface area contributed by atoms with Crippen LogP contribution in [0.2, 0.25) is 0 Å². The number of hydrogen-bond acceptors (Lipinski definition) is 5. The van der Waals surface area contributed by atoms with Gasteiger partial charge in [0.2, 0.25) is 0 Å². The molecule has 0 bridgehead atoms. The van der Waals surface area contributed by atoms with E-state index in [1.165, 1.54) is 16.4 Å². The second kappa shape index (κ2) is 7.61. The van der Waals surface area contributed by atoms with Gasteiger partial charge in [0.05, 0.1) is 6.61 Å². The fraction of sp³-hybridized carbons (Fsp3) is 0.562. The first-order valence-corrected chi connectivity index (χ1v) is 10.7. The molecule has 2 aliphatic heterocycles. The number of nitrogens with one attached hydrogen (secondary N) is 1. The second-order valence-corrected chi connectivity index (χ2v) is 8.81. The van der Waals surface area contributed by atoms with E-state index in [2.05, 4.69) is 4.72 Å². The maximum Gasteiger partial charge on any atom is 0.324 e. The van der Waals surface area contributed by atoms with Crippen LogP contribution in [0.25, 0.3) is 0 Å². The Hall–Kier alpha value is -1.16. The van der Waals surface area contributed by atoms with Gasteiger partial charge in [0, 0.05) is 17.5 Å². The standard InChI is InChI=1S/C16H21FN2O4S2/c1-2-23-16(20)14-4-3-8-19(14)25(21,22)18-13-7-9-24-15-6-5-11(17)10-12(13)15/h5-6,10,13-14,18H,2-4,7-9H2,1H3/t13-,14+/m0/s1. The highest BCUT2D eigenvalue weighted by atomic mass is 32.2. The molecule has 0 aromatic heterocycles. The molecule has 1 aromatic carbocycles. The molecule has 2 aliphatic rings. The third-order valence-corrected chi connectivity index (χ3v) is 7.13. The van der Waals surface area contributed by atoms with Crippen molar-refractivity contribution >= 4 is 27.9 Å². The smallest absolute Gasteiger partial charge is 0.324 e. The summed E-state index contributed by atoms with van der Waals surface area (Å²) in [7, 11) is -3.88. The molecular formula is C16H21FN2O4S2. The first kappa shape index (κ1) is 18.6. The van der Waals surface area contributed by atoms with E-state index in [0.717, 1.165) is 10.6 Å². The van der Waals surface area contributed by atoms with Crippen molar-refractivity contribution in [1.29, 1.82) is 0 Å². The zero-order valence-corrected chi connectivity index (χ0v) is 15.5. The van der Waals surface area contributed by atoms with Gasteiger partial charge in [-0.3, -0.25) is 4.79 Å². The molecular weight excluding hydrogens is 367 g/mol. The van der Waals surface area contributed by atoms with Crippen LogP contribution in [0.3, 0.4) is 0 Å². The summed E-state index contributed by atoms with van der Waals surface area (Å²) in [6.45, 7) is 2.18. The quantitative estimate of drug-likeness (QED) is 0.783. The van der Waals surface area contributed by atoms with Crippen molar-refractivity contribution < 1.29 is 22.3 Å². The monoisotopic (exact) mass is 388 g/mol. The van der Waals surface area contributed by atoms with Gasteiger partial charge in [0.25, 0.3) is 10.2 Å². The summed E-state index contributed by atoms with van der Waals surface area (Å²) in [4.78, 5) is 12.9. The zero-order chi connectivity index (χ0) is 18.0. The molecule has 6 nitrogen and oxygen atoms in total. The third-order valence-electron chi connectivity index (χ3n) is 4.37. The SMILES string of the molecule is CCOC(=O)[C@H]1CCCN1S(=O)(=O)N[C@H]1CCSc2ccc(F)cc21. The largest absolute Gasteiger partial charge is 0.465 e. The highest BCUT2D eigenvalue weighted by molar-refractivity contribution is 7.99. The molecule has 138 valence electrons. The first-order valence-electron chi connectivity index (χ1n) is 8.30. The van der Waals surface area contributed by atoms with Crippen LogP contribution < -0.4 is 4.72 Å². The van der Waals surface area contributed by atoms with Crippen molar-refractivity contribution in [3.63, 3.8) is 0 Å². The van der Waals surface area contributed by atoms with Gasteiger partial charge in [-0.2, -0.15) is 17.4 Å². The van der Waals surface area contributed by atoms with Gasteiger partial charge in [-0.25, -0.2) is 4.39 Å². The number of thioether (sulfide) groups is 1. The van der Waals surface area contributed by atoms with Crippen LogP contribution in [0.5, 0.6) is 0 Å². The molecule has 0 aliphatic carbocycles. The van der Waals surface area contributed by atoms with Crippen molar-refractivity contribution in [1.82, 2.24) is 9.03 Å². The Bertz CT molecular complexity index is 757. The minimum atomic E-state index is -3.88. The minimum absolute atomic E-state index is 0.211. The predicted octanol–water partition coefficient (Wildman–Crippen LogP) is 2.22. The number of esters is 1. The van der Waals surface area contributed by atoms with Gasteiger partial charge in [-0.15, -0.1) is 11.8 Å². The van der Waals surface area contributed by atoms with Crippen molar-refractivity contribution in [2.45, 2.75) is 43.2 Å². The van der Waals surface area contributed by atoms with E-state index in [1.807, 2.05) is 0 Å². The molecule has 9 heteroatoms. The molecule has 0 saturated carbocycles. The number of rotatable bonds is 5. The van der Waals surface area contributed by atoms with Gasteiger partial charge in [-0.05, 0) is 55.7 Å². The molecule has 2 heterocycles. The molecule has 0 unspecified atom stereocenters. The lowest BCUT2D eigenvalue weighted by Crippen LogP contribution is -2.48. The molecule has 2 atom stereocenters. The molecule has 0 radical (unpaired) electrons. The summed E-state index contributed by atoms with van der Waals surface area (Å²) in [5.41, 5.74) is 0.645. The average Bonchev–Trinajstić information content (AvgIpc) is 3.06. The Labute approximate surface area is 151 Å². The van der Waals surface area contributed by atoms with Crippen LogP contribution in [0.15, 0.2) is 23.1 Å². The van der Waals surface area contributed by atoms with Crippen molar-refractivity contribution in [3.05, 3.63) is 29.6 Å². The number of ether oxygens (including phenoxy) is 1. The number of hydrogen-bond donors (Lipinski definition) is 1. The number of carbonyl (C=O) groups is 1. The summed E-state index contributed by atoms with van der Waals surface area (Å²) in [5.74, 6) is -0.167. The van der Waals surface area contributed by atoms with Gasteiger partial charge in [0.1, 0.15) is 11.9 Å². The summed E-state index contributed by atoms with van der Waals surface area (Å²) in [6, 6.07) is 3.14. The van der Waals surface area contributed by atoms with E-state index >= 15 is 0 Å². The molecule has 1 fully saturated rings. The number of carbonyl (C=O) groups excluding carboxylic acids is 1. The molecule has 25 heavy (non-hydrogen) atoms. The van der Waals surface area contributed by atoms with Crippen LogP contribution in [0.4, 0.5) is 4.39 Å². The van der Waals surface area contributed by atoms with E-state index in [0.29, 0.717) is 24.8 Å². The lowest BCUT2D eigenvalue weighted by atomic mass is 10.0. The lowest BCUT2D eigenvalue weighted by Gasteiger charge is -2.29. The minimum Gasteiger partial charge on any atom is -0.465 e. The number of fused-ring (bicyclic) bond motifs is 1. The topological polar surface area (TPSA) is 75.7 Å². The first-order chi connectivity index (χ1) is 11.9. The molecule has 1 aromatic rings. The Balaban J connectivity index is 1.81. The summed E-state index contributed by atoms with van der Waals surface area (Å²) >= 11 is 1.58. The Kier molecular flexibility index (Phi) is 5.67. The van der Waals surface area contributed by atoms with Crippen LogP contribution in [-0.2, 0) is 19.7 Å². The van der Waals surface area contributed by atoms with E-state index in [1.54, 1.807) is 24.8 Å². The molecule has 3 rings (SSSR count). The van der Waals surface area contributed by atoms with E-state index < -0.39 is 34.1 Å². The molecule has 0 spiro atoms. The number of nitrogens with zero attached hydrogens (tertiary/aromatic N) is 1. The summed E-state index contributed by atoms with van der Waals surface area (Å²) in [6.07, 6.45) is 1.62. The average molecular weight is 388 g/mol. The van der Waals surface area contributed by atoms with Gasteiger partial charge >= 0.3 is 5.97 Å². The maximum absolute atomic E-state index is 13.6. The van der Waals surface area contributed by atoms with Gasteiger partial charge < -0.3 is 4.74 Å². The Morgan fingerprint density at radius 2 is 2.24 bits per heavy atom. The Morgan fingerprint density at radius 1 is 1.44 bits per heavy atom. The van der Waals surface area contributed by atoms with Crippen LogP contribution in [0.1, 0.15) is 37.8 Å². The van der Waals surface area contributed by atoms with Crippen molar-refractivity contribution in [3.8, 4) is 0 Å². The Morgan fingerprint density at radius 3 is 3.00 bits per heavy atom. The van der Waals surface area contributed by atoms with Crippen LogP contribution in [-0.4, -0.2) is 43.6 Å². The molecule has 0 amide bonds. The van der Waals surface area contributed by atoms with E-state index in [4.69, 9.17) is 4.74 Å². The maximum atomic E-state index is 13.6. The normalized spacial score (nSPS) is 24.1. The van der Waals surface area contributed by atoms with Crippen molar-refractivity contribution in [2.75, 3.05) is 18.9 Å².